The lowest BCUT2D eigenvalue weighted by atomic mass is 9.97. The normalized spacial score (nSPS) is 12.8. The molecular formula is C21H17Cl3F3NOS. The van der Waals surface area contributed by atoms with E-state index in [4.69, 9.17) is 47.0 Å². The topological polar surface area (TPSA) is 29.1 Å². The van der Waals surface area contributed by atoms with Crippen LogP contribution < -0.4 is 5.32 Å². The molecule has 1 N–H and O–H groups in total. The Hall–Kier alpha value is -1.60. The Morgan fingerprint density at radius 1 is 1.13 bits per heavy atom. The van der Waals surface area contributed by atoms with E-state index in [0.29, 0.717) is 22.5 Å². The van der Waals surface area contributed by atoms with Crippen molar-refractivity contribution in [2.75, 3.05) is 6.54 Å². The minimum atomic E-state index is -4.56. The molecule has 9 heteroatoms. The Balaban J connectivity index is 2.20. The van der Waals surface area contributed by atoms with E-state index in [1.165, 1.54) is 6.08 Å². The molecule has 0 aliphatic rings. The number of halogens is 6. The summed E-state index contributed by atoms with van der Waals surface area (Å²) in [7, 11) is 0. The first-order valence-electron chi connectivity index (χ1n) is 8.82. The van der Waals surface area contributed by atoms with Crippen LogP contribution >= 0.6 is 47.0 Å². The van der Waals surface area contributed by atoms with Gasteiger partial charge in [0.2, 0.25) is 0 Å². The maximum atomic E-state index is 13.6. The summed E-state index contributed by atoms with van der Waals surface area (Å²) in [5.41, 5.74) is 0.814. The van der Waals surface area contributed by atoms with Gasteiger partial charge in [0.05, 0.1) is 32.5 Å². The number of Topliss-reactive ketones (excluding diaryl/α,β-unsaturated/α-hetero) is 1. The van der Waals surface area contributed by atoms with Crippen molar-refractivity contribution < 1.29 is 18.0 Å². The molecule has 2 aromatic rings. The number of thiocarbonyl (C=S) groups is 1. The molecule has 1 unspecified atom stereocenters. The number of nitrogens with one attached hydrogen (secondary N) is 1. The van der Waals surface area contributed by atoms with Crippen molar-refractivity contribution in [1.82, 2.24) is 5.32 Å². The second kappa shape index (κ2) is 10.6. The number of carbonyl (C=O) groups is 1. The monoisotopic (exact) mass is 493 g/mol. The third-order valence-electron chi connectivity index (χ3n) is 4.20. The lowest BCUT2D eigenvalue weighted by Gasteiger charge is -2.18. The summed E-state index contributed by atoms with van der Waals surface area (Å²) in [4.78, 5) is 12.7. The Kier molecular flexibility index (Phi) is 8.73. The summed E-state index contributed by atoms with van der Waals surface area (Å²) in [6.07, 6.45) is -1.59. The quantitative estimate of drug-likeness (QED) is 0.245. The van der Waals surface area contributed by atoms with Crippen molar-refractivity contribution in [3.63, 3.8) is 0 Å². The highest BCUT2D eigenvalue weighted by Gasteiger charge is 2.39. The maximum absolute atomic E-state index is 13.6. The molecule has 0 aromatic heterocycles. The van der Waals surface area contributed by atoms with Crippen LogP contribution in [0.2, 0.25) is 15.1 Å². The smallest absolute Gasteiger partial charge is 0.372 e. The van der Waals surface area contributed by atoms with E-state index in [2.05, 4.69) is 5.32 Å². The van der Waals surface area contributed by atoms with Crippen LogP contribution in [0, 0.1) is 0 Å². The van der Waals surface area contributed by atoms with Gasteiger partial charge in [0.1, 0.15) is 0 Å². The van der Waals surface area contributed by atoms with Crippen molar-refractivity contribution in [2.45, 2.75) is 25.4 Å². The third-order valence-corrected chi connectivity index (χ3v) is 5.83. The molecule has 0 aliphatic carbocycles. The van der Waals surface area contributed by atoms with Gasteiger partial charge in [-0.15, -0.1) is 0 Å². The number of carbonyl (C=O) groups excluding carboxylic acids is 1. The molecule has 2 aromatic carbocycles. The van der Waals surface area contributed by atoms with Gasteiger partial charge in [0.15, 0.2) is 5.78 Å². The van der Waals surface area contributed by atoms with Crippen LogP contribution in [0.25, 0.3) is 6.08 Å². The summed E-state index contributed by atoms with van der Waals surface area (Å²) in [6, 6.07) is 8.53. The van der Waals surface area contributed by atoms with E-state index in [0.717, 1.165) is 18.2 Å². The molecule has 0 fully saturated rings. The molecule has 2 nitrogen and oxygen atoms in total. The first-order chi connectivity index (χ1) is 14.0. The number of rotatable bonds is 7. The standard InChI is InChI=1S/C21H17Cl3F3NOS/c1-2-19(30)28-11-18(29)13-6-3-12(4-7-13)5-8-15(21(25,26)27)14-9-16(22)20(24)17(23)10-14/h3-10,15H,2,11H2,1H3,(H,28,30)/b8-5+. The molecule has 0 radical (unpaired) electrons. The zero-order chi connectivity index (χ0) is 22.5. The Morgan fingerprint density at radius 3 is 2.20 bits per heavy atom. The Bertz CT molecular complexity index is 936. The van der Waals surface area contributed by atoms with Crippen LogP contribution in [-0.4, -0.2) is 23.5 Å². The predicted octanol–water partition coefficient (Wildman–Crippen LogP) is 7.52. The molecule has 2 rings (SSSR count). The van der Waals surface area contributed by atoms with Gasteiger partial charge < -0.3 is 5.32 Å². The molecule has 0 amide bonds. The average Bonchev–Trinajstić information content (AvgIpc) is 2.69. The van der Waals surface area contributed by atoms with Gasteiger partial charge in [0.25, 0.3) is 0 Å². The van der Waals surface area contributed by atoms with Crippen molar-refractivity contribution >= 4 is 63.9 Å². The third kappa shape index (κ3) is 6.71. The number of benzene rings is 2. The van der Waals surface area contributed by atoms with Gasteiger partial charge in [-0.25, -0.2) is 0 Å². The second-order valence-corrected chi connectivity index (χ2v) is 8.04. The molecule has 0 aliphatic heterocycles. The molecule has 0 bridgehead atoms. The first-order valence-corrected chi connectivity index (χ1v) is 10.4. The molecule has 0 saturated carbocycles. The van der Waals surface area contributed by atoms with E-state index < -0.39 is 12.1 Å². The Labute approximate surface area is 193 Å². The van der Waals surface area contributed by atoms with Gasteiger partial charge >= 0.3 is 6.18 Å². The molecule has 1 atom stereocenters. The molecule has 0 spiro atoms. The highest BCUT2D eigenvalue weighted by atomic mass is 35.5. The predicted molar refractivity (Wildman–Crippen MR) is 121 cm³/mol. The summed E-state index contributed by atoms with van der Waals surface area (Å²) in [6.45, 7) is 1.94. The largest absolute Gasteiger partial charge is 0.399 e. The van der Waals surface area contributed by atoms with Crippen molar-refractivity contribution in [3.05, 3.63) is 74.2 Å². The molecule has 30 heavy (non-hydrogen) atoms. The van der Waals surface area contributed by atoms with Crippen LogP contribution in [0.1, 0.15) is 40.7 Å². The van der Waals surface area contributed by atoms with Crippen LogP contribution in [0.3, 0.4) is 0 Å². The minimum absolute atomic E-state index is 0.00133. The average molecular weight is 495 g/mol. The number of hydrogen-bond donors (Lipinski definition) is 1. The first kappa shape index (κ1) is 24.7. The lowest BCUT2D eigenvalue weighted by Crippen LogP contribution is -2.27. The maximum Gasteiger partial charge on any atom is 0.399 e. The van der Waals surface area contributed by atoms with Crippen LogP contribution in [0.4, 0.5) is 13.2 Å². The number of allylic oxidation sites excluding steroid dienone is 1. The van der Waals surface area contributed by atoms with Crippen molar-refractivity contribution in [2.24, 2.45) is 0 Å². The van der Waals surface area contributed by atoms with Crippen LogP contribution in [0.15, 0.2) is 42.5 Å². The van der Waals surface area contributed by atoms with E-state index in [1.54, 1.807) is 24.3 Å². The van der Waals surface area contributed by atoms with Crippen LogP contribution in [-0.2, 0) is 0 Å². The van der Waals surface area contributed by atoms with Crippen molar-refractivity contribution in [1.29, 1.82) is 0 Å². The fraction of sp³-hybridized carbons (Fsp3) is 0.238. The summed E-state index contributed by atoms with van der Waals surface area (Å²) in [5, 5.41) is 2.74. The molecule has 160 valence electrons. The van der Waals surface area contributed by atoms with Gasteiger partial charge in [0, 0.05) is 5.56 Å². The fourth-order valence-electron chi connectivity index (χ4n) is 2.56. The van der Waals surface area contributed by atoms with E-state index in [-0.39, 0.29) is 33.0 Å². The SMILES string of the molecule is CCC(=S)NCC(=O)c1ccc(/C=C/C(c2cc(Cl)c(Cl)c(Cl)c2)C(F)(F)F)cc1. The second-order valence-electron chi connectivity index (χ2n) is 6.35. The van der Waals surface area contributed by atoms with Gasteiger partial charge in [-0.2, -0.15) is 13.2 Å². The molecule has 0 saturated heterocycles. The number of ketones is 1. The zero-order valence-electron chi connectivity index (χ0n) is 15.7. The number of alkyl halides is 3. The van der Waals surface area contributed by atoms with Gasteiger partial charge in [-0.05, 0) is 29.7 Å². The molecule has 0 heterocycles. The summed E-state index contributed by atoms with van der Waals surface area (Å²) < 4.78 is 40.8. The highest BCUT2D eigenvalue weighted by Crippen LogP contribution is 2.41. The highest BCUT2D eigenvalue weighted by molar-refractivity contribution is 7.80. The minimum Gasteiger partial charge on any atom is -0.372 e. The lowest BCUT2D eigenvalue weighted by molar-refractivity contribution is -0.139. The summed E-state index contributed by atoms with van der Waals surface area (Å²) >= 11 is 22.6. The van der Waals surface area contributed by atoms with E-state index in [1.807, 2.05) is 6.92 Å². The molecular weight excluding hydrogens is 478 g/mol. The Morgan fingerprint density at radius 2 is 1.70 bits per heavy atom. The number of hydrogen-bond acceptors (Lipinski definition) is 2. The van der Waals surface area contributed by atoms with E-state index in [9.17, 15) is 18.0 Å². The van der Waals surface area contributed by atoms with Gasteiger partial charge in [-0.3, -0.25) is 4.79 Å². The zero-order valence-corrected chi connectivity index (χ0v) is 18.8. The van der Waals surface area contributed by atoms with Gasteiger partial charge in [-0.1, -0.05) is 90.4 Å². The fourth-order valence-corrected chi connectivity index (χ4v) is 3.24. The van der Waals surface area contributed by atoms with Crippen LogP contribution in [0.5, 0.6) is 0 Å². The van der Waals surface area contributed by atoms with Crippen molar-refractivity contribution in [3.8, 4) is 0 Å². The summed E-state index contributed by atoms with van der Waals surface area (Å²) in [5.74, 6) is -2.09. The van der Waals surface area contributed by atoms with E-state index >= 15 is 0 Å².